The summed E-state index contributed by atoms with van der Waals surface area (Å²) in [6.45, 7) is 1.23. The van der Waals surface area contributed by atoms with E-state index in [1.54, 1.807) is 14.0 Å². The van der Waals surface area contributed by atoms with Crippen LogP contribution in [0.2, 0.25) is 0 Å². The van der Waals surface area contributed by atoms with Gasteiger partial charge in [0.1, 0.15) is 30.2 Å². The van der Waals surface area contributed by atoms with E-state index in [2.05, 4.69) is 20.3 Å². The third-order valence-electron chi connectivity index (χ3n) is 5.93. The van der Waals surface area contributed by atoms with Crippen molar-refractivity contribution in [2.75, 3.05) is 32.6 Å². The van der Waals surface area contributed by atoms with Gasteiger partial charge in [0.2, 0.25) is 10.0 Å². The lowest BCUT2D eigenvalue weighted by Crippen LogP contribution is -2.42. The molecule has 1 saturated heterocycles. The molecule has 3 N–H and O–H groups in total. The molecule has 3 heterocycles. The normalized spacial score (nSPS) is 22.3. The molecule has 0 amide bonds. The van der Waals surface area contributed by atoms with Crippen molar-refractivity contribution in [3.05, 3.63) is 41.0 Å². The highest BCUT2D eigenvalue weighted by Crippen LogP contribution is 2.34. The van der Waals surface area contributed by atoms with Gasteiger partial charge in [-0.25, -0.2) is 23.4 Å². The molecule has 36 heavy (non-hydrogen) atoms. The average molecular weight is 524 g/mol. The van der Waals surface area contributed by atoms with Crippen molar-refractivity contribution in [2.45, 2.75) is 36.4 Å². The van der Waals surface area contributed by atoms with Crippen LogP contribution in [0.15, 0.2) is 35.7 Å². The number of nitro benzene ring substituents is 1. The van der Waals surface area contributed by atoms with Crippen LogP contribution in [0.3, 0.4) is 0 Å². The first-order valence-electron chi connectivity index (χ1n) is 10.8. The molecule has 15 nitrogen and oxygen atoms in total. The smallest absolute Gasteiger partial charge is 0.312 e. The summed E-state index contributed by atoms with van der Waals surface area (Å²) in [6, 6.07) is 3.31. The second-order valence-electron chi connectivity index (χ2n) is 7.89. The fraction of sp³-hybridized carbons (Fsp3) is 0.450. The topological polar surface area (TPSA) is 195 Å². The summed E-state index contributed by atoms with van der Waals surface area (Å²) in [5.74, 6) is 0.375. The number of nitrogens with one attached hydrogen (secondary N) is 1. The maximum Gasteiger partial charge on any atom is 0.312 e. The number of ether oxygens (including phenoxy) is 2. The summed E-state index contributed by atoms with van der Waals surface area (Å²) < 4.78 is 39.8. The first-order chi connectivity index (χ1) is 17.1. The third kappa shape index (κ3) is 4.33. The fourth-order valence-electron chi connectivity index (χ4n) is 4.05. The second-order valence-corrected chi connectivity index (χ2v) is 9.83. The van der Waals surface area contributed by atoms with Gasteiger partial charge >= 0.3 is 5.69 Å². The highest BCUT2D eigenvalue weighted by atomic mass is 32.2. The molecule has 1 aliphatic heterocycles. The van der Waals surface area contributed by atoms with E-state index in [4.69, 9.17) is 9.47 Å². The van der Waals surface area contributed by atoms with E-state index < -0.39 is 45.2 Å². The highest BCUT2D eigenvalue weighted by Gasteiger charge is 2.46. The first-order valence-corrected chi connectivity index (χ1v) is 12.3. The van der Waals surface area contributed by atoms with Crippen molar-refractivity contribution < 1.29 is 33.0 Å². The number of aliphatic hydroxyl groups excluding tert-OH is 2. The Morgan fingerprint density at radius 3 is 2.67 bits per heavy atom. The predicted molar refractivity (Wildman–Crippen MR) is 125 cm³/mol. The van der Waals surface area contributed by atoms with Gasteiger partial charge in [-0.1, -0.05) is 6.92 Å². The Bertz CT molecular complexity index is 1380. The van der Waals surface area contributed by atoms with E-state index in [0.717, 1.165) is 10.4 Å². The van der Waals surface area contributed by atoms with Gasteiger partial charge in [-0.15, -0.1) is 0 Å². The Kier molecular flexibility index (Phi) is 7.05. The monoisotopic (exact) mass is 523 g/mol. The number of nitrogens with zero attached hydrogens (tertiary/aromatic N) is 6. The first kappa shape index (κ1) is 25.6. The number of aromatic nitrogens is 4. The summed E-state index contributed by atoms with van der Waals surface area (Å²) in [7, 11) is -1.32. The highest BCUT2D eigenvalue weighted by molar-refractivity contribution is 7.89. The minimum Gasteiger partial charge on any atom is -0.490 e. The maximum absolute atomic E-state index is 13.3. The zero-order valence-electron chi connectivity index (χ0n) is 19.5. The number of anilines is 1. The summed E-state index contributed by atoms with van der Waals surface area (Å²) in [6.07, 6.45) is -2.37. The van der Waals surface area contributed by atoms with Gasteiger partial charge in [-0.05, 0) is 12.1 Å². The number of rotatable bonds is 9. The van der Waals surface area contributed by atoms with Crippen LogP contribution >= 0.6 is 0 Å². The Labute approximate surface area is 205 Å². The van der Waals surface area contributed by atoms with Crippen LogP contribution < -0.4 is 10.1 Å². The summed E-state index contributed by atoms with van der Waals surface area (Å²) in [5, 5.41) is 35.6. The van der Waals surface area contributed by atoms with E-state index in [0.29, 0.717) is 17.0 Å². The SMILES string of the molecule is CCN(C[C@H]1O[C@@H](n2cnc3c(NC)ncnc32)[C@H](O)[C@@H]1O)S(=O)(=O)c1ccc(OC)c([N+](=O)[O-])c1. The largest absolute Gasteiger partial charge is 0.490 e. The molecule has 0 bridgehead atoms. The number of likely N-dealkylation sites (N-methyl/N-ethyl adjacent to an activating group) is 1. The van der Waals surface area contributed by atoms with Crippen molar-refractivity contribution in [1.82, 2.24) is 23.8 Å². The van der Waals surface area contributed by atoms with Crippen LogP contribution in [0.4, 0.5) is 11.5 Å². The molecule has 4 rings (SSSR count). The Hall–Kier alpha value is -3.44. The number of nitro groups is 1. The molecule has 1 fully saturated rings. The predicted octanol–water partition coefficient (Wildman–Crippen LogP) is 0.115. The minimum absolute atomic E-state index is 0.0255. The van der Waals surface area contributed by atoms with Gasteiger partial charge in [0.15, 0.2) is 23.4 Å². The van der Waals surface area contributed by atoms with Crippen LogP contribution in [0.1, 0.15) is 13.2 Å². The molecule has 0 aliphatic carbocycles. The average Bonchev–Trinajstić information content (AvgIpc) is 3.42. The van der Waals surface area contributed by atoms with Crippen molar-refractivity contribution in [3.8, 4) is 5.75 Å². The van der Waals surface area contributed by atoms with Crippen LogP contribution in [-0.2, 0) is 14.8 Å². The molecule has 2 aromatic heterocycles. The number of hydrogen-bond acceptors (Lipinski definition) is 12. The molecule has 1 aliphatic rings. The quantitative estimate of drug-likeness (QED) is 0.253. The van der Waals surface area contributed by atoms with Crippen molar-refractivity contribution in [1.29, 1.82) is 0 Å². The van der Waals surface area contributed by atoms with Gasteiger partial charge < -0.3 is 25.0 Å². The van der Waals surface area contributed by atoms with Gasteiger partial charge in [-0.2, -0.15) is 4.31 Å². The molecule has 16 heteroatoms. The van der Waals surface area contributed by atoms with Crippen LogP contribution in [0.5, 0.6) is 5.75 Å². The van der Waals surface area contributed by atoms with E-state index in [-0.39, 0.29) is 23.7 Å². The molecule has 1 aromatic carbocycles. The number of benzene rings is 1. The van der Waals surface area contributed by atoms with E-state index in [1.165, 1.54) is 36.5 Å². The zero-order chi connectivity index (χ0) is 26.2. The lowest BCUT2D eigenvalue weighted by atomic mass is 10.1. The van der Waals surface area contributed by atoms with Crippen LogP contribution in [-0.4, -0.2) is 92.9 Å². The number of imidazole rings is 1. The zero-order valence-corrected chi connectivity index (χ0v) is 20.4. The van der Waals surface area contributed by atoms with Crippen molar-refractivity contribution in [3.63, 3.8) is 0 Å². The Morgan fingerprint density at radius 2 is 2.03 bits per heavy atom. The van der Waals surface area contributed by atoms with Gasteiger partial charge in [-0.3, -0.25) is 14.7 Å². The number of hydrogen-bond donors (Lipinski definition) is 3. The summed E-state index contributed by atoms with van der Waals surface area (Å²) >= 11 is 0. The van der Waals surface area contributed by atoms with Crippen LogP contribution in [0, 0.1) is 10.1 Å². The number of aliphatic hydroxyl groups is 2. The standard InChI is InChI=1S/C20H25N7O8S/c1-4-25(36(32,33)11-5-6-13(34-3)12(7-11)27(30)31)8-14-16(28)17(29)20(35-14)26-10-24-15-18(21-2)22-9-23-19(15)26/h5-7,9-10,14,16-17,20,28-29H,4,8H2,1-3H3,(H,21,22,23)/t14-,16-,17-,20-/m1/s1. The van der Waals surface area contributed by atoms with Gasteiger partial charge in [0.05, 0.1) is 23.3 Å². The second kappa shape index (κ2) is 9.90. The molecule has 0 saturated carbocycles. The lowest BCUT2D eigenvalue weighted by Gasteiger charge is -2.25. The summed E-state index contributed by atoms with van der Waals surface area (Å²) in [4.78, 5) is 22.8. The molecule has 4 atom stereocenters. The minimum atomic E-state index is -4.22. The molecule has 0 spiro atoms. The van der Waals surface area contributed by atoms with E-state index in [9.17, 15) is 28.7 Å². The molecular weight excluding hydrogens is 498 g/mol. The number of sulfonamides is 1. The third-order valence-corrected chi connectivity index (χ3v) is 7.86. The molecule has 194 valence electrons. The molecule has 0 radical (unpaired) electrons. The van der Waals surface area contributed by atoms with Crippen molar-refractivity contribution in [2.24, 2.45) is 0 Å². The Balaban J connectivity index is 1.60. The van der Waals surface area contributed by atoms with Crippen LogP contribution in [0.25, 0.3) is 11.2 Å². The number of methoxy groups -OCH3 is 1. The van der Waals surface area contributed by atoms with Gasteiger partial charge in [0, 0.05) is 26.2 Å². The maximum atomic E-state index is 13.3. The summed E-state index contributed by atoms with van der Waals surface area (Å²) in [5.41, 5.74) is 0.265. The molecule has 3 aromatic rings. The van der Waals surface area contributed by atoms with E-state index >= 15 is 0 Å². The molecular formula is C20H25N7O8S. The van der Waals surface area contributed by atoms with Crippen molar-refractivity contribution >= 4 is 32.7 Å². The molecule has 0 unspecified atom stereocenters. The fourth-order valence-corrected chi connectivity index (χ4v) is 5.53. The Morgan fingerprint density at radius 1 is 1.28 bits per heavy atom. The van der Waals surface area contributed by atoms with Gasteiger partial charge in [0.25, 0.3) is 0 Å². The van der Waals surface area contributed by atoms with E-state index in [1.807, 2.05) is 0 Å². The number of fused-ring (bicyclic) bond motifs is 1. The lowest BCUT2D eigenvalue weighted by molar-refractivity contribution is -0.386.